The van der Waals surface area contributed by atoms with Crippen molar-refractivity contribution in [2.45, 2.75) is 68.9 Å². The normalized spacial score (nSPS) is 28.6. The van der Waals surface area contributed by atoms with Crippen molar-refractivity contribution >= 4 is 23.3 Å². The van der Waals surface area contributed by atoms with Crippen molar-refractivity contribution in [3.05, 3.63) is 70.3 Å². The van der Waals surface area contributed by atoms with Crippen LogP contribution in [0.2, 0.25) is 5.02 Å². The molecule has 4 N–H and O–H groups in total. The Morgan fingerprint density at radius 2 is 2.07 bits per heavy atom. The van der Waals surface area contributed by atoms with E-state index < -0.39 is 12.1 Å². The molecule has 0 aromatic heterocycles. The highest BCUT2D eigenvalue weighted by atomic mass is 35.5. The number of nitrogens with two attached hydrogens (primary N) is 1. The number of anilines is 1. The molecule has 220 valence electrons. The Hall–Kier alpha value is -2.58. The van der Waals surface area contributed by atoms with Gasteiger partial charge in [0.2, 0.25) is 0 Å². The molecule has 1 saturated carbocycles. The van der Waals surface area contributed by atoms with Gasteiger partial charge in [0.25, 0.3) is 0 Å². The molecule has 7 nitrogen and oxygen atoms in total. The first kappa shape index (κ1) is 28.5. The van der Waals surface area contributed by atoms with Crippen LogP contribution in [0.25, 0.3) is 0 Å². The third-order valence-corrected chi connectivity index (χ3v) is 10.4. The van der Waals surface area contributed by atoms with E-state index in [0.717, 1.165) is 81.0 Å². The number of carboxylic acid groups (broad SMARTS) is 1. The van der Waals surface area contributed by atoms with Crippen molar-refractivity contribution in [1.82, 2.24) is 4.90 Å². The molecule has 1 spiro atoms. The maximum Gasteiger partial charge on any atom is 0.335 e. The molecule has 41 heavy (non-hydrogen) atoms. The Bertz CT molecular complexity index is 1300. The van der Waals surface area contributed by atoms with Crippen molar-refractivity contribution in [2.75, 3.05) is 37.8 Å². The van der Waals surface area contributed by atoms with Gasteiger partial charge in [0.15, 0.2) is 0 Å². The van der Waals surface area contributed by atoms with Crippen LogP contribution in [0.3, 0.4) is 0 Å². The Kier molecular flexibility index (Phi) is 8.32. The molecule has 5 atom stereocenters. The number of carboxylic acids is 1. The van der Waals surface area contributed by atoms with Gasteiger partial charge in [0.1, 0.15) is 5.75 Å². The quantitative estimate of drug-likeness (QED) is 0.369. The van der Waals surface area contributed by atoms with E-state index in [0.29, 0.717) is 25.2 Å². The van der Waals surface area contributed by atoms with Crippen molar-refractivity contribution in [2.24, 2.45) is 17.6 Å². The number of halogens is 1. The number of aliphatic hydroxyl groups is 1. The Morgan fingerprint density at radius 1 is 1.20 bits per heavy atom. The second-order valence-corrected chi connectivity index (χ2v) is 13.0. The number of aryl methyl sites for hydroxylation is 1. The van der Waals surface area contributed by atoms with Crippen LogP contribution in [0.5, 0.6) is 5.75 Å². The smallest absolute Gasteiger partial charge is 0.335 e. The van der Waals surface area contributed by atoms with Gasteiger partial charge >= 0.3 is 5.97 Å². The molecule has 2 aromatic rings. The number of likely N-dealkylation sites (tertiary alicyclic amines) is 1. The number of fused-ring (bicyclic) bond motifs is 3. The summed E-state index contributed by atoms with van der Waals surface area (Å²) in [7, 11) is 0. The summed E-state index contributed by atoms with van der Waals surface area (Å²) in [4.78, 5) is 16.6. The van der Waals surface area contributed by atoms with E-state index in [9.17, 15) is 15.0 Å². The van der Waals surface area contributed by atoms with E-state index in [1.54, 1.807) is 18.2 Å². The lowest BCUT2D eigenvalue weighted by Gasteiger charge is -2.45. The average Bonchev–Trinajstić information content (AvgIpc) is 3.34. The zero-order chi connectivity index (χ0) is 28.6. The summed E-state index contributed by atoms with van der Waals surface area (Å²) in [6, 6.07) is 11.9. The molecule has 2 aromatic carbocycles. The highest BCUT2D eigenvalue weighted by Gasteiger charge is 2.44. The number of ether oxygens (including phenoxy) is 1. The van der Waals surface area contributed by atoms with Gasteiger partial charge in [-0.1, -0.05) is 29.8 Å². The maximum absolute atomic E-state index is 11.9. The fourth-order valence-electron chi connectivity index (χ4n) is 7.72. The lowest BCUT2D eigenvalue weighted by molar-refractivity contribution is 0.0455. The summed E-state index contributed by atoms with van der Waals surface area (Å²) in [5.74, 6) is 0.280. The lowest BCUT2D eigenvalue weighted by Crippen LogP contribution is -2.49. The minimum atomic E-state index is -0.943. The molecule has 8 heteroatoms. The van der Waals surface area contributed by atoms with Crippen molar-refractivity contribution < 1.29 is 19.7 Å². The number of benzene rings is 2. The minimum absolute atomic E-state index is 0.184. The molecular formula is C33H42ClN3O4. The number of rotatable bonds is 8. The molecule has 2 heterocycles. The molecule has 4 aliphatic rings. The van der Waals surface area contributed by atoms with Crippen LogP contribution >= 0.6 is 11.6 Å². The van der Waals surface area contributed by atoms with Crippen LogP contribution in [0.4, 0.5) is 5.69 Å². The minimum Gasteiger partial charge on any atom is -0.490 e. The molecule has 2 aliphatic carbocycles. The summed E-state index contributed by atoms with van der Waals surface area (Å²) >= 11 is 6.38. The fourth-order valence-corrected chi connectivity index (χ4v) is 7.92. The van der Waals surface area contributed by atoms with Crippen molar-refractivity contribution in [3.8, 4) is 5.75 Å². The van der Waals surface area contributed by atoms with Crippen LogP contribution in [-0.2, 0) is 11.8 Å². The summed E-state index contributed by atoms with van der Waals surface area (Å²) in [6.07, 6.45) is 12.0. The molecule has 2 fully saturated rings. The third-order valence-electron chi connectivity index (χ3n) is 10.1. The van der Waals surface area contributed by atoms with Crippen LogP contribution in [0.15, 0.2) is 48.6 Å². The fraction of sp³-hybridized carbons (Fsp3) is 0.545. The first-order chi connectivity index (χ1) is 19.9. The van der Waals surface area contributed by atoms with Crippen LogP contribution in [0, 0.1) is 11.8 Å². The summed E-state index contributed by atoms with van der Waals surface area (Å²) in [5, 5.41) is 21.7. The molecule has 2 aliphatic heterocycles. The van der Waals surface area contributed by atoms with Gasteiger partial charge < -0.3 is 25.6 Å². The van der Waals surface area contributed by atoms with E-state index in [1.165, 1.54) is 17.5 Å². The Balaban J connectivity index is 1.24. The molecule has 6 rings (SSSR count). The molecule has 0 unspecified atom stereocenters. The van der Waals surface area contributed by atoms with Gasteiger partial charge in [-0.15, -0.1) is 0 Å². The van der Waals surface area contributed by atoms with E-state index in [2.05, 4.69) is 28.0 Å². The second-order valence-electron chi connectivity index (χ2n) is 12.5. The zero-order valence-corrected chi connectivity index (χ0v) is 24.4. The monoisotopic (exact) mass is 579 g/mol. The second kappa shape index (κ2) is 12.0. The van der Waals surface area contributed by atoms with Crippen LogP contribution in [-0.4, -0.2) is 66.1 Å². The highest BCUT2D eigenvalue weighted by Crippen LogP contribution is 2.46. The first-order valence-electron chi connectivity index (χ1n) is 15.2. The van der Waals surface area contributed by atoms with Crippen LogP contribution in [0.1, 0.15) is 66.4 Å². The SMILES string of the molecule is NCN1CCC[C@@H]1C/C=C/[C@H](O)[C@@H]1CC[C@H]1CN1C[C@@]2(CCCc3cc(Cl)ccc32)COc2ccc(C(=O)O)cc21. The van der Waals surface area contributed by atoms with E-state index in [-0.39, 0.29) is 16.9 Å². The number of hydrogen-bond acceptors (Lipinski definition) is 6. The van der Waals surface area contributed by atoms with Gasteiger partial charge in [0, 0.05) is 36.2 Å². The number of carbonyl (C=O) groups is 1. The number of aromatic carboxylic acids is 1. The molecule has 1 saturated heterocycles. The zero-order valence-electron chi connectivity index (χ0n) is 23.7. The van der Waals surface area contributed by atoms with E-state index in [4.69, 9.17) is 22.1 Å². The lowest BCUT2D eigenvalue weighted by atomic mass is 9.68. The topological polar surface area (TPSA) is 99.3 Å². The van der Waals surface area contributed by atoms with Crippen molar-refractivity contribution in [3.63, 3.8) is 0 Å². The standard InChI is InChI=1S/C33H42ClN3O4/c34-25-10-12-28-22(16-25)4-2-14-33(28)19-37(29-17-23(32(39)40)9-13-31(29)41-20-33)18-24-8-11-27(24)30(38)7-1-5-26-6-3-15-36(26)21-35/h1,7,9-10,12-13,16-17,24,26-27,30,38H,2-6,8,11,14-15,18-21,35H2,(H,39,40)/b7-1+/t24-,26-,27+,30-,33-/m0/s1. The largest absolute Gasteiger partial charge is 0.490 e. The molecular weight excluding hydrogens is 538 g/mol. The van der Waals surface area contributed by atoms with E-state index >= 15 is 0 Å². The first-order valence-corrected chi connectivity index (χ1v) is 15.6. The van der Waals surface area contributed by atoms with Gasteiger partial charge in [-0.25, -0.2) is 4.79 Å². The predicted molar refractivity (Wildman–Crippen MR) is 162 cm³/mol. The number of aliphatic hydroxyl groups excluding tert-OH is 1. The number of hydrogen-bond donors (Lipinski definition) is 3. The van der Waals surface area contributed by atoms with Gasteiger partial charge in [-0.05, 0) is 111 Å². The summed E-state index contributed by atoms with van der Waals surface area (Å²) in [6.45, 7) is 3.69. The number of nitrogens with zero attached hydrogens (tertiary/aromatic N) is 2. The van der Waals surface area contributed by atoms with Gasteiger partial charge in [-0.2, -0.15) is 0 Å². The van der Waals surface area contributed by atoms with Gasteiger partial charge in [-0.3, -0.25) is 4.90 Å². The molecule has 0 amide bonds. The summed E-state index contributed by atoms with van der Waals surface area (Å²) in [5.41, 5.74) is 9.35. The summed E-state index contributed by atoms with van der Waals surface area (Å²) < 4.78 is 6.48. The Labute approximate surface area is 247 Å². The molecule has 0 radical (unpaired) electrons. The molecule has 0 bridgehead atoms. The maximum atomic E-state index is 11.9. The van der Waals surface area contributed by atoms with Gasteiger partial charge in [0.05, 0.1) is 24.0 Å². The van der Waals surface area contributed by atoms with Crippen LogP contribution < -0.4 is 15.4 Å². The average molecular weight is 580 g/mol. The highest BCUT2D eigenvalue weighted by molar-refractivity contribution is 6.30. The van der Waals surface area contributed by atoms with E-state index in [1.807, 2.05) is 12.1 Å². The Morgan fingerprint density at radius 3 is 2.85 bits per heavy atom. The third kappa shape index (κ3) is 5.74. The van der Waals surface area contributed by atoms with Crippen molar-refractivity contribution in [1.29, 1.82) is 0 Å². The predicted octanol–water partition coefficient (Wildman–Crippen LogP) is 5.23.